The lowest BCUT2D eigenvalue weighted by Crippen LogP contribution is -1.97. The summed E-state index contributed by atoms with van der Waals surface area (Å²) in [6, 6.07) is 11.6. The van der Waals surface area contributed by atoms with Gasteiger partial charge in [-0.25, -0.2) is 4.98 Å². The third-order valence-corrected chi connectivity index (χ3v) is 3.10. The number of hydrogen-bond donors (Lipinski definition) is 0. The Morgan fingerprint density at radius 1 is 1.00 bits per heavy atom. The van der Waals surface area contributed by atoms with E-state index < -0.39 is 0 Å². The molecule has 0 radical (unpaired) electrons. The van der Waals surface area contributed by atoms with Crippen LogP contribution >= 0.6 is 0 Å². The van der Waals surface area contributed by atoms with Crippen LogP contribution < -0.4 is 4.74 Å². The van der Waals surface area contributed by atoms with Gasteiger partial charge in [0.1, 0.15) is 11.4 Å². The molecule has 3 aromatic rings. The number of rotatable bonds is 3. The Balaban J connectivity index is 2.00. The van der Waals surface area contributed by atoms with Crippen molar-refractivity contribution >= 4 is 0 Å². The number of hydrogen-bond acceptors (Lipinski definition) is 4. The molecule has 0 N–H and O–H groups in total. The van der Waals surface area contributed by atoms with Gasteiger partial charge in [-0.3, -0.25) is 0 Å². The molecule has 5 heteroatoms. The Hall–Kier alpha value is -2.69. The fourth-order valence-corrected chi connectivity index (χ4v) is 2.06. The summed E-state index contributed by atoms with van der Waals surface area (Å²) in [4.78, 5) is 4.26. The molecule has 0 spiro atoms. The smallest absolute Gasteiger partial charge is 0.160 e. The molecule has 5 nitrogen and oxygen atoms in total. The summed E-state index contributed by atoms with van der Waals surface area (Å²) in [7, 11) is 3.58. The van der Waals surface area contributed by atoms with Gasteiger partial charge in [0, 0.05) is 25.0 Å². The molecule has 0 saturated carbocycles. The Bertz CT molecular complexity index is 719. The summed E-state index contributed by atoms with van der Waals surface area (Å²) in [5, 5.41) is 8.52. The van der Waals surface area contributed by atoms with Crippen LogP contribution in [0.2, 0.25) is 0 Å². The van der Waals surface area contributed by atoms with E-state index in [0.29, 0.717) is 0 Å². The van der Waals surface area contributed by atoms with Crippen LogP contribution in [0.1, 0.15) is 0 Å². The van der Waals surface area contributed by atoms with Gasteiger partial charge in [0.05, 0.1) is 12.8 Å². The van der Waals surface area contributed by atoms with Crippen LogP contribution in [0.4, 0.5) is 0 Å². The molecule has 0 aliphatic rings. The normalized spacial score (nSPS) is 10.5. The van der Waals surface area contributed by atoms with E-state index >= 15 is 0 Å². The summed E-state index contributed by atoms with van der Waals surface area (Å²) in [6.07, 6.45) is 3.62. The van der Waals surface area contributed by atoms with Gasteiger partial charge in [-0.15, -0.1) is 10.2 Å². The average Bonchev–Trinajstić information content (AvgIpc) is 2.93. The summed E-state index contributed by atoms with van der Waals surface area (Å²) in [6.45, 7) is 0. The Labute approximate surface area is 116 Å². The SMILES string of the molecule is COc1ccccc1-c1ccc(-c2nccn2C)nn1. The van der Waals surface area contributed by atoms with Crippen molar-refractivity contribution in [3.8, 4) is 28.5 Å². The highest BCUT2D eigenvalue weighted by molar-refractivity contribution is 5.67. The molecule has 0 fully saturated rings. The van der Waals surface area contributed by atoms with E-state index in [1.54, 1.807) is 13.3 Å². The summed E-state index contributed by atoms with van der Waals surface area (Å²) in [5.74, 6) is 1.58. The van der Waals surface area contributed by atoms with Crippen LogP contribution in [0.3, 0.4) is 0 Å². The quantitative estimate of drug-likeness (QED) is 0.731. The summed E-state index contributed by atoms with van der Waals surface area (Å²) in [5.41, 5.74) is 2.45. The minimum Gasteiger partial charge on any atom is -0.496 e. The van der Waals surface area contributed by atoms with Gasteiger partial charge in [-0.05, 0) is 24.3 Å². The number of nitrogens with zero attached hydrogens (tertiary/aromatic N) is 4. The lowest BCUT2D eigenvalue weighted by atomic mass is 10.1. The fourth-order valence-electron chi connectivity index (χ4n) is 2.06. The highest BCUT2D eigenvalue weighted by Gasteiger charge is 2.09. The fraction of sp³-hybridized carbons (Fsp3) is 0.133. The molecule has 0 saturated heterocycles. The molecule has 2 heterocycles. The third-order valence-electron chi connectivity index (χ3n) is 3.10. The number of aryl methyl sites for hydroxylation is 1. The molecular weight excluding hydrogens is 252 g/mol. The lowest BCUT2D eigenvalue weighted by Gasteiger charge is -2.07. The van der Waals surface area contributed by atoms with E-state index in [2.05, 4.69) is 15.2 Å². The molecule has 0 amide bonds. The van der Waals surface area contributed by atoms with Crippen LogP contribution in [-0.4, -0.2) is 26.9 Å². The molecule has 0 atom stereocenters. The molecule has 0 aliphatic carbocycles. The first-order valence-corrected chi connectivity index (χ1v) is 6.24. The zero-order valence-corrected chi connectivity index (χ0v) is 11.3. The Kier molecular flexibility index (Phi) is 3.16. The second-order valence-corrected chi connectivity index (χ2v) is 4.37. The summed E-state index contributed by atoms with van der Waals surface area (Å²) < 4.78 is 7.25. The van der Waals surface area contributed by atoms with E-state index in [1.807, 2.05) is 54.2 Å². The molecule has 1 aromatic carbocycles. The first-order chi connectivity index (χ1) is 9.79. The van der Waals surface area contributed by atoms with Crippen molar-refractivity contribution in [1.82, 2.24) is 19.7 Å². The van der Waals surface area contributed by atoms with Crippen molar-refractivity contribution in [2.24, 2.45) is 7.05 Å². The maximum Gasteiger partial charge on any atom is 0.160 e. The standard InChI is InChI=1S/C15H14N4O/c1-19-10-9-16-15(19)13-8-7-12(17-18-13)11-5-3-4-6-14(11)20-2/h3-10H,1-2H3. The van der Waals surface area contributed by atoms with Crippen molar-refractivity contribution in [3.63, 3.8) is 0 Å². The number of para-hydroxylation sites is 1. The predicted molar refractivity (Wildman–Crippen MR) is 76.2 cm³/mol. The number of ether oxygens (including phenoxy) is 1. The molecule has 2 aromatic heterocycles. The molecular formula is C15H14N4O. The highest BCUT2D eigenvalue weighted by atomic mass is 16.5. The molecule has 0 aliphatic heterocycles. The lowest BCUT2D eigenvalue weighted by molar-refractivity contribution is 0.416. The molecule has 0 unspecified atom stereocenters. The van der Waals surface area contributed by atoms with Gasteiger partial charge >= 0.3 is 0 Å². The van der Waals surface area contributed by atoms with Crippen molar-refractivity contribution in [1.29, 1.82) is 0 Å². The topological polar surface area (TPSA) is 52.8 Å². The van der Waals surface area contributed by atoms with Crippen LogP contribution in [0, 0.1) is 0 Å². The van der Waals surface area contributed by atoms with E-state index in [0.717, 1.165) is 28.5 Å². The molecule has 0 bridgehead atoms. The van der Waals surface area contributed by atoms with E-state index in [1.165, 1.54) is 0 Å². The van der Waals surface area contributed by atoms with Crippen LogP contribution in [0.5, 0.6) is 5.75 Å². The van der Waals surface area contributed by atoms with Crippen molar-refractivity contribution in [3.05, 3.63) is 48.8 Å². The van der Waals surface area contributed by atoms with Crippen molar-refractivity contribution in [2.75, 3.05) is 7.11 Å². The zero-order valence-electron chi connectivity index (χ0n) is 11.3. The highest BCUT2D eigenvalue weighted by Crippen LogP contribution is 2.28. The van der Waals surface area contributed by atoms with Gasteiger partial charge in [0.25, 0.3) is 0 Å². The number of imidazole rings is 1. The van der Waals surface area contributed by atoms with E-state index in [9.17, 15) is 0 Å². The van der Waals surface area contributed by atoms with Gasteiger partial charge in [-0.2, -0.15) is 0 Å². The first-order valence-electron chi connectivity index (χ1n) is 6.24. The van der Waals surface area contributed by atoms with Crippen molar-refractivity contribution < 1.29 is 4.74 Å². The maximum atomic E-state index is 5.34. The largest absolute Gasteiger partial charge is 0.496 e. The first kappa shape index (κ1) is 12.3. The molecule has 3 rings (SSSR count). The number of benzene rings is 1. The van der Waals surface area contributed by atoms with Gasteiger partial charge in [0.2, 0.25) is 0 Å². The predicted octanol–water partition coefficient (Wildman–Crippen LogP) is 2.55. The van der Waals surface area contributed by atoms with Gasteiger partial charge in [0.15, 0.2) is 5.82 Å². The number of methoxy groups -OCH3 is 1. The van der Waals surface area contributed by atoms with E-state index in [-0.39, 0.29) is 0 Å². The van der Waals surface area contributed by atoms with E-state index in [4.69, 9.17) is 4.74 Å². The average molecular weight is 266 g/mol. The summed E-state index contributed by atoms with van der Waals surface area (Å²) >= 11 is 0. The van der Waals surface area contributed by atoms with Crippen LogP contribution in [0.25, 0.3) is 22.8 Å². The van der Waals surface area contributed by atoms with Gasteiger partial charge in [-0.1, -0.05) is 12.1 Å². The van der Waals surface area contributed by atoms with Crippen LogP contribution in [0.15, 0.2) is 48.8 Å². The maximum absolute atomic E-state index is 5.34. The second-order valence-electron chi connectivity index (χ2n) is 4.37. The molecule has 100 valence electrons. The third kappa shape index (κ3) is 2.14. The van der Waals surface area contributed by atoms with Crippen molar-refractivity contribution in [2.45, 2.75) is 0 Å². The zero-order chi connectivity index (χ0) is 13.9. The minimum absolute atomic E-state index is 0.746. The monoisotopic (exact) mass is 266 g/mol. The second kappa shape index (κ2) is 5.13. The number of aromatic nitrogens is 4. The van der Waals surface area contributed by atoms with Crippen LogP contribution in [-0.2, 0) is 7.05 Å². The molecule has 20 heavy (non-hydrogen) atoms. The Morgan fingerprint density at radius 3 is 2.40 bits per heavy atom. The van der Waals surface area contributed by atoms with Gasteiger partial charge < -0.3 is 9.30 Å². The Morgan fingerprint density at radius 2 is 1.75 bits per heavy atom. The minimum atomic E-state index is 0.746.